The molecule has 0 spiro atoms. The fraction of sp³-hybridized carbons (Fsp3) is 0.333. The van der Waals surface area contributed by atoms with Gasteiger partial charge in [0.25, 0.3) is 0 Å². The summed E-state index contributed by atoms with van der Waals surface area (Å²) in [6, 6.07) is 39.1. The van der Waals surface area contributed by atoms with Crippen LogP contribution in [-0.2, 0) is 23.8 Å². The third kappa shape index (κ3) is 14.8. The van der Waals surface area contributed by atoms with Gasteiger partial charge in [0.1, 0.15) is 82.1 Å². The molecule has 88 heavy (non-hydrogen) atoms. The number of likely N-dealkylation sites (tertiary alicyclic amines) is 2. The number of amides is 2. The summed E-state index contributed by atoms with van der Waals surface area (Å²) in [6.07, 6.45) is 12.3. The smallest absolute Gasteiger partial charge is 0.246 e. The van der Waals surface area contributed by atoms with Crippen LogP contribution in [0.1, 0.15) is 42.7 Å². The van der Waals surface area contributed by atoms with Crippen molar-refractivity contribution in [1.82, 2.24) is 48.7 Å². The Hall–Kier alpha value is -9.52. The van der Waals surface area contributed by atoms with E-state index >= 15 is 0 Å². The maximum atomic E-state index is 13.1. The molecule has 6 N–H and O–H groups in total. The highest BCUT2D eigenvalue weighted by Gasteiger charge is 2.34. The van der Waals surface area contributed by atoms with Gasteiger partial charge in [-0.05, 0) is 93.0 Å². The van der Waals surface area contributed by atoms with Gasteiger partial charge in [0, 0.05) is 103 Å². The topological polar surface area (TPSA) is 280 Å². The van der Waals surface area contributed by atoms with Crippen molar-refractivity contribution in [1.29, 1.82) is 10.5 Å². The number of rotatable bonds is 21. The van der Waals surface area contributed by atoms with Crippen molar-refractivity contribution in [2.24, 2.45) is 5.73 Å². The zero-order chi connectivity index (χ0) is 61.9. The second kappa shape index (κ2) is 30.7. The predicted octanol–water partition coefficient (Wildman–Crippen LogP) is 8.24. The number of anilines is 2. The normalized spacial score (nSPS) is 16.5. The molecule has 456 valence electrons. The Bertz CT molecular complexity index is 3750. The lowest BCUT2D eigenvalue weighted by molar-refractivity contribution is -0.125. The number of hydrogen-bond acceptors (Lipinski definition) is 18. The molecule has 8 aromatic rings. The van der Waals surface area contributed by atoms with E-state index in [4.69, 9.17) is 35.2 Å². The highest BCUT2D eigenvalue weighted by molar-refractivity contribution is 6.04. The molecule has 3 saturated heterocycles. The van der Waals surface area contributed by atoms with Gasteiger partial charge < -0.3 is 59.8 Å². The zero-order valence-electron chi connectivity index (χ0n) is 50.2. The number of ether oxygens (including phenoxy) is 5. The minimum Gasteiger partial charge on any atom is -0.457 e. The molecule has 3 fully saturated rings. The highest BCUT2D eigenvalue weighted by Crippen LogP contribution is 2.42. The molecular formula is C66H75N15O7. The number of nitriles is 2. The number of para-hydroxylation sites is 2. The lowest BCUT2D eigenvalue weighted by Crippen LogP contribution is -2.32. The van der Waals surface area contributed by atoms with Crippen LogP contribution >= 0.6 is 0 Å². The molecule has 3 atom stereocenters. The number of carbonyl (C=O) groups is 2. The first-order chi connectivity index (χ1) is 43.1. The average molecular weight is 1190 g/mol. The van der Waals surface area contributed by atoms with Gasteiger partial charge in [0.05, 0.1) is 42.7 Å². The second-order valence-corrected chi connectivity index (χ2v) is 21.2. The summed E-state index contributed by atoms with van der Waals surface area (Å²) in [5.74, 6) is 3.32. The molecule has 0 saturated carbocycles. The number of hydrogen-bond donors (Lipinski definition) is 3. The first kappa shape index (κ1) is 63.0. The summed E-state index contributed by atoms with van der Waals surface area (Å²) in [6.45, 7) is 7.61. The van der Waals surface area contributed by atoms with Crippen LogP contribution in [0.3, 0.4) is 0 Å². The van der Waals surface area contributed by atoms with Crippen molar-refractivity contribution < 1.29 is 33.3 Å². The van der Waals surface area contributed by atoms with Crippen LogP contribution in [0.15, 0.2) is 146 Å². The summed E-state index contributed by atoms with van der Waals surface area (Å²) >= 11 is 0. The summed E-state index contributed by atoms with van der Waals surface area (Å²) < 4.78 is 31.6. The van der Waals surface area contributed by atoms with Crippen LogP contribution in [0, 0.1) is 22.7 Å². The van der Waals surface area contributed by atoms with E-state index in [9.17, 15) is 20.1 Å². The monoisotopic (exact) mass is 1190 g/mol. The van der Waals surface area contributed by atoms with E-state index < -0.39 is 0 Å². The summed E-state index contributed by atoms with van der Waals surface area (Å²) in [4.78, 5) is 51.8. The molecule has 0 aliphatic carbocycles. The van der Waals surface area contributed by atoms with Gasteiger partial charge in [-0.3, -0.25) is 19.4 Å². The van der Waals surface area contributed by atoms with Crippen LogP contribution in [0.4, 0.5) is 11.6 Å². The molecule has 2 amide bonds. The molecule has 3 aliphatic rings. The first-order valence-electron chi connectivity index (χ1n) is 29.3. The molecule has 3 aliphatic heterocycles. The van der Waals surface area contributed by atoms with Crippen LogP contribution in [0.2, 0.25) is 0 Å². The Labute approximate surface area is 512 Å². The van der Waals surface area contributed by atoms with Gasteiger partial charge in [-0.25, -0.2) is 19.9 Å². The van der Waals surface area contributed by atoms with Crippen molar-refractivity contribution in [2.75, 3.05) is 119 Å². The van der Waals surface area contributed by atoms with Gasteiger partial charge in [-0.15, -0.1) is 0 Å². The van der Waals surface area contributed by atoms with Crippen molar-refractivity contribution >= 4 is 45.5 Å². The van der Waals surface area contributed by atoms with E-state index in [0.717, 1.165) is 55.4 Å². The van der Waals surface area contributed by atoms with Crippen LogP contribution < -0.4 is 26.7 Å². The number of nitrogen functional groups attached to an aromatic ring is 2. The fourth-order valence-corrected chi connectivity index (χ4v) is 11.3. The van der Waals surface area contributed by atoms with E-state index in [0.29, 0.717) is 139 Å². The molecule has 4 aromatic carbocycles. The Morgan fingerprint density at radius 3 is 1.47 bits per heavy atom. The average Bonchev–Trinajstić information content (AvgIpc) is 3.47. The van der Waals surface area contributed by atoms with Gasteiger partial charge >= 0.3 is 0 Å². The molecule has 11 rings (SSSR count). The Morgan fingerprint density at radius 2 is 1.06 bits per heavy atom. The minimum atomic E-state index is -0.145. The van der Waals surface area contributed by atoms with Gasteiger partial charge in [-0.2, -0.15) is 10.5 Å². The Kier molecular flexibility index (Phi) is 22.0. The number of likely N-dealkylation sites (N-methyl/N-ethyl adjacent to an activating group) is 1. The van der Waals surface area contributed by atoms with Crippen LogP contribution in [0.5, 0.6) is 23.0 Å². The summed E-state index contributed by atoms with van der Waals surface area (Å²) in [7, 11) is 6.89. The van der Waals surface area contributed by atoms with Crippen molar-refractivity contribution in [3.8, 4) is 57.4 Å². The molecule has 22 nitrogen and oxygen atoms in total. The third-order valence-electron chi connectivity index (χ3n) is 15.8. The van der Waals surface area contributed by atoms with Crippen LogP contribution in [0.25, 0.3) is 44.3 Å². The number of nitrogens with zero attached hydrogens (tertiary/aromatic N) is 12. The Balaban J connectivity index is 0.000000204. The number of nitrogens with two attached hydrogens (primary N) is 3. The van der Waals surface area contributed by atoms with Crippen molar-refractivity contribution in [3.05, 3.63) is 158 Å². The molecule has 0 bridgehead atoms. The summed E-state index contributed by atoms with van der Waals surface area (Å²) in [5, 5.41) is 22.1. The van der Waals surface area contributed by atoms with Gasteiger partial charge in [-0.1, -0.05) is 72.8 Å². The zero-order valence-corrected chi connectivity index (χ0v) is 50.2. The molecule has 22 heteroatoms. The fourth-order valence-electron chi connectivity index (χ4n) is 11.3. The largest absolute Gasteiger partial charge is 0.457 e. The van der Waals surface area contributed by atoms with Crippen LogP contribution in [-0.4, -0.2) is 174 Å². The minimum absolute atomic E-state index is 0.0353. The first-order valence-corrected chi connectivity index (χ1v) is 29.3. The molecule has 0 radical (unpaired) electrons. The second-order valence-electron chi connectivity index (χ2n) is 21.2. The lowest BCUT2D eigenvalue weighted by Gasteiger charge is -2.21. The maximum absolute atomic E-state index is 13.1. The number of benzene rings is 4. The third-order valence-corrected chi connectivity index (χ3v) is 15.8. The van der Waals surface area contributed by atoms with E-state index in [-0.39, 0.29) is 23.9 Å². The standard InChI is InChI=1S/C33H37N7O4.C32H33N7O3.CH5N/c1-42-19-17-38(18-20-43-2)15-6-9-29(41)39-16-14-25(22-39)40-28(21-34)30(31-32(35)36-23-37-33(31)40)24-10-12-27(13-11-24)44-26-7-4-3-5-8-26;1-37(24-14-17-41-20-24)15-5-8-28(40)38-16-13-23(19-38)39-27(18-33)29(30-31(34)35-21-36-32(30)39)22-9-11-26(12-10-22)42-25-6-3-2-4-7-25;1-2/h3-13,23,25H,14-20,22H2,1-2H3,(H2,35,36,37);2-12,21,23-24H,13-17,19-20H2,1H3,(H2,34,35,36);2H2,1H3/b9-6+;8-5+;. The molecule has 4 aromatic heterocycles. The number of carbonyl (C=O) groups excluding carboxylic acids is 2. The maximum Gasteiger partial charge on any atom is 0.246 e. The molecule has 7 heterocycles. The Morgan fingerprint density at radius 1 is 0.625 bits per heavy atom. The van der Waals surface area contributed by atoms with E-state index in [2.05, 4.69) is 54.7 Å². The number of fused-ring (bicyclic) bond motifs is 2. The number of aromatic nitrogens is 6. The van der Waals surface area contributed by atoms with Crippen molar-refractivity contribution in [2.45, 2.75) is 37.4 Å². The lowest BCUT2D eigenvalue weighted by atomic mass is 10.0. The highest BCUT2D eigenvalue weighted by atomic mass is 16.5. The SMILES string of the molecule is CN.CN(C/C=C/C(=O)N1CCC(n2c(C#N)c(-c3ccc(Oc4ccccc4)cc3)c3c(N)ncnc32)C1)C1CCOC1.COCCN(C/C=C/C(=O)N1CCC(n2c(C#N)c(-c3ccc(Oc4ccccc4)cc3)c3c(N)ncnc32)C1)CCOC. The van der Waals surface area contributed by atoms with Gasteiger partial charge in [0.15, 0.2) is 0 Å². The van der Waals surface area contributed by atoms with Gasteiger partial charge in [0.2, 0.25) is 11.8 Å². The summed E-state index contributed by atoms with van der Waals surface area (Å²) in [5.41, 5.74) is 22.3. The van der Waals surface area contributed by atoms with E-state index in [1.54, 1.807) is 26.4 Å². The van der Waals surface area contributed by atoms with Crippen molar-refractivity contribution in [3.63, 3.8) is 0 Å². The predicted molar refractivity (Wildman–Crippen MR) is 338 cm³/mol. The molecule has 3 unspecified atom stereocenters. The molecular weight excluding hydrogens is 1110 g/mol. The quantitative estimate of drug-likeness (QED) is 0.0571. The van der Waals surface area contributed by atoms with E-state index in [1.807, 2.05) is 140 Å². The van der Waals surface area contributed by atoms with E-state index in [1.165, 1.54) is 19.7 Å². The number of methoxy groups -OCH3 is 2.